The molecule has 0 radical (unpaired) electrons. The highest BCUT2D eigenvalue weighted by molar-refractivity contribution is 6.31. The van der Waals surface area contributed by atoms with Gasteiger partial charge in [-0.15, -0.1) is 5.10 Å². The summed E-state index contributed by atoms with van der Waals surface area (Å²) in [6.45, 7) is 0. The number of ether oxygens (including phenoxy) is 1. The molecule has 1 aromatic carbocycles. The van der Waals surface area contributed by atoms with Crippen molar-refractivity contribution in [1.29, 1.82) is 0 Å². The van der Waals surface area contributed by atoms with Crippen LogP contribution in [-0.4, -0.2) is 11.4 Å². The Balaban J connectivity index is 2.15. The van der Waals surface area contributed by atoms with E-state index in [4.69, 9.17) is 16.3 Å². The summed E-state index contributed by atoms with van der Waals surface area (Å²) < 4.78 is 5.32. The third-order valence-electron chi connectivity index (χ3n) is 1.45. The predicted octanol–water partition coefficient (Wildman–Crippen LogP) is 2.41. The van der Waals surface area contributed by atoms with Gasteiger partial charge in [-0.25, -0.2) is 0 Å². The Kier molecular flexibility index (Phi) is 1.98. The summed E-state index contributed by atoms with van der Waals surface area (Å²) in [5, 5.41) is 9.23. The Morgan fingerprint density at radius 1 is 1.23 bits per heavy atom. The van der Waals surface area contributed by atoms with E-state index < -0.39 is 5.18 Å². The van der Waals surface area contributed by atoms with E-state index in [0.29, 0.717) is 5.75 Å². The summed E-state index contributed by atoms with van der Waals surface area (Å²) in [6.07, 6.45) is 1.33. The average Bonchev–Trinajstić information content (AvgIpc) is 2.54. The highest BCUT2D eigenvalue weighted by Crippen LogP contribution is 2.24. The van der Waals surface area contributed by atoms with Crippen LogP contribution in [0.1, 0.15) is 0 Å². The molecule has 0 saturated heterocycles. The molecule has 0 saturated carbocycles. The fourth-order valence-electron chi connectivity index (χ4n) is 0.910. The van der Waals surface area contributed by atoms with Gasteiger partial charge in [-0.05, 0) is 29.0 Å². The maximum atomic E-state index is 5.87. The van der Waals surface area contributed by atoms with Gasteiger partial charge in [-0.2, -0.15) is 0 Å². The number of hydrogen-bond acceptors (Lipinski definition) is 4. The summed E-state index contributed by atoms with van der Waals surface area (Å²) in [7, 11) is 0. The summed E-state index contributed by atoms with van der Waals surface area (Å²) in [4.78, 5) is 0. The van der Waals surface area contributed by atoms with Crippen molar-refractivity contribution in [2.24, 2.45) is 15.4 Å². The third kappa shape index (κ3) is 1.84. The van der Waals surface area contributed by atoms with Gasteiger partial charge in [0.15, 0.2) is 0 Å². The van der Waals surface area contributed by atoms with Gasteiger partial charge in [-0.1, -0.05) is 23.3 Å². The van der Waals surface area contributed by atoms with Gasteiger partial charge in [0.2, 0.25) is 0 Å². The lowest BCUT2D eigenvalue weighted by Gasteiger charge is -2.14. The van der Waals surface area contributed by atoms with Gasteiger partial charge in [0.05, 0.1) is 0 Å². The molecule has 0 N–H and O–H groups in total. The first-order valence-electron chi connectivity index (χ1n) is 3.68. The van der Waals surface area contributed by atoms with Crippen LogP contribution in [0.3, 0.4) is 0 Å². The van der Waals surface area contributed by atoms with Crippen LogP contribution in [0.4, 0.5) is 0 Å². The number of hydrogen-bond donors (Lipinski definition) is 0. The van der Waals surface area contributed by atoms with Crippen LogP contribution in [0, 0.1) is 0 Å². The van der Waals surface area contributed by atoms with Crippen LogP contribution >= 0.6 is 11.6 Å². The molecule has 66 valence electrons. The lowest BCUT2D eigenvalue weighted by atomic mass is 10.3. The summed E-state index contributed by atoms with van der Waals surface area (Å²) in [5.74, 6) is 0.629. The molecule has 1 heterocycles. The lowest BCUT2D eigenvalue weighted by Crippen LogP contribution is -2.25. The Bertz CT molecular complexity index is 338. The predicted molar refractivity (Wildman–Crippen MR) is 49.0 cm³/mol. The smallest absolute Gasteiger partial charge is 0.337 e. The molecule has 0 bridgehead atoms. The minimum Gasteiger partial charge on any atom is -0.447 e. The molecule has 13 heavy (non-hydrogen) atoms. The fraction of sp³-hybridized carbons (Fsp3) is 0.125. The Labute approximate surface area is 79.9 Å². The van der Waals surface area contributed by atoms with Gasteiger partial charge in [0.1, 0.15) is 12.0 Å². The summed E-state index contributed by atoms with van der Waals surface area (Å²) in [6, 6.07) is 9.15. The van der Waals surface area contributed by atoms with Crippen LogP contribution in [-0.2, 0) is 0 Å². The molecule has 1 aromatic rings. The molecule has 2 rings (SSSR count). The van der Waals surface area contributed by atoms with E-state index in [-0.39, 0.29) is 0 Å². The van der Waals surface area contributed by atoms with Gasteiger partial charge >= 0.3 is 5.18 Å². The average molecular weight is 196 g/mol. The van der Waals surface area contributed by atoms with Gasteiger partial charge in [0.25, 0.3) is 0 Å². The molecule has 1 aliphatic heterocycles. The maximum absolute atomic E-state index is 5.87. The number of para-hydroxylation sites is 1. The van der Waals surface area contributed by atoms with Crippen LogP contribution in [0.15, 0.2) is 45.8 Å². The van der Waals surface area contributed by atoms with E-state index in [2.05, 4.69) is 15.4 Å². The minimum absolute atomic E-state index is 0.629. The van der Waals surface area contributed by atoms with Gasteiger partial charge in [0, 0.05) is 0 Å². The van der Waals surface area contributed by atoms with Crippen molar-refractivity contribution in [2.45, 2.75) is 5.18 Å². The second-order valence-corrected chi connectivity index (χ2v) is 3.00. The first-order valence-corrected chi connectivity index (χ1v) is 4.06. The second kappa shape index (κ2) is 3.14. The topological polar surface area (TPSA) is 46.3 Å². The molecule has 0 amide bonds. The molecule has 0 fully saturated rings. The first-order chi connectivity index (χ1) is 6.29. The van der Waals surface area contributed by atoms with Crippen molar-refractivity contribution >= 4 is 17.8 Å². The highest BCUT2D eigenvalue weighted by atomic mass is 35.5. The summed E-state index contributed by atoms with van der Waals surface area (Å²) in [5.41, 5.74) is 0. The van der Waals surface area contributed by atoms with E-state index in [1.165, 1.54) is 6.21 Å². The zero-order valence-electron chi connectivity index (χ0n) is 6.59. The maximum Gasteiger partial charge on any atom is 0.337 e. The van der Waals surface area contributed by atoms with Crippen LogP contribution in [0.2, 0.25) is 0 Å². The standard InChI is InChI=1S/C8H6ClN3O/c9-8(6-10-12-11-8)13-7-4-2-1-3-5-7/h1-6H. The molecular formula is C8H6ClN3O. The molecule has 1 aliphatic rings. The Morgan fingerprint density at radius 2 is 2.00 bits per heavy atom. The van der Waals surface area contributed by atoms with Crippen molar-refractivity contribution in [3.63, 3.8) is 0 Å². The molecule has 0 spiro atoms. The number of benzene rings is 1. The molecule has 0 aromatic heterocycles. The Hall–Kier alpha value is -1.42. The molecule has 4 nitrogen and oxygen atoms in total. The third-order valence-corrected chi connectivity index (χ3v) is 1.70. The molecule has 1 unspecified atom stereocenters. The van der Waals surface area contributed by atoms with Crippen molar-refractivity contribution < 1.29 is 4.74 Å². The highest BCUT2D eigenvalue weighted by Gasteiger charge is 2.30. The molecule has 5 heteroatoms. The SMILES string of the molecule is ClC1(Oc2ccccc2)C=NN=N1. The fourth-order valence-corrected chi connectivity index (χ4v) is 1.08. The number of alkyl halides is 1. The normalized spacial score (nSPS) is 25.0. The summed E-state index contributed by atoms with van der Waals surface area (Å²) >= 11 is 5.87. The van der Waals surface area contributed by atoms with E-state index in [0.717, 1.165) is 0 Å². The second-order valence-electron chi connectivity index (χ2n) is 2.46. The van der Waals surface area contributed by atoms with Crippen LogP contribution < -0.4 is 4.74 Å². The quantitative estimate of drug-likeness (QED) is 0.528. The van der Waals surface area contributed by atoms with Crippen molar-refractivity contribution in [3.8, 4) is 5.75 Å². The first kappa shape index (κ1) is 8.19. The number of rotatable bonds is 2. The van der Waals surface area contributed by atoms with Crippen molar-refractivity contribution in [2.75, 3.05) is 0 Å². The van der Waals surface area contributed by atoms with E-state index in [1.807, 2.05) is 18.2 Å². The van der Waals surface area contributed by atoms with Crippen molar-refractivity contribution in [1.82, 2.24) is 0 Å². The van der Waals surface area contributed by atoms with E-state index in [1.54, 1.807) is 12.1 Å². The van der Waals surface area contributed by atoms with Crippen LogP contribution in [0.25, 0.3) is 0 Å². The number of halogens is 1. The molecular weight excluding hydrogens is 190 g/mol. The monoisotopic (exact) mass is 195 g/mol. The Morgan fingerprint density at radius 3 is 2.62 bits per heavy atom. The zero-order chi connectivity index (χ0) is 9.15. The largest absolute Gasteiger partial charge is 0.447 e. The molecule has 1 atom stereocenters. The number of nitrogens with zero attached hydrogens (tertiary/aromatic N) is 3. The molecule has 0 aliphatic carbocycles. The van der Waals surface area contributed by atoms with E-state index >= 15 is 0 Å². The lowest BCUT2D eigenvalue weighted by molar-refractivity contribution is 0.239. The van der Waals surface area contributed by atoms with Crippen molar-refractivity contribution in [3.05, 3.63) is 30.3 Å². The van der Waals surface area contributed by atoms with E-state index in [9.17, 15) is 0 Å². The zero-order valence-corrected chi connectivity index (χ0v) is 7.35. The van der Waals surface area contributed by atoms with Crippen LogP contribution in [0.5, 0.6) is 5.75 Å². The van der Waals surface area contributed by atoms with Gasteiger partial charge < -0.3 is 4.74 Å². The minimum atomic E-state index is -1.26. The van der Waals surface area contributed by atoms with Gasteiger partial charge in [-0.3, -0.25) is 0 Å².